The number of nitrogens with one attached hydrogen (secondary N) is 2. The molecule has 2 amide bonds. The van der Waals surface area contributed by atoms with Gasteiger partial charge in [0.05, 0.1) is 23.5 Å². The lowest BCUT2D eigenvalue weighted by Crippen LogP contribution is -2.40. The van der Waals surface area contributed by atoms with Crippen LogP contribution in [0.1, 0.15) is 44.7 Å². The summed E-state index contributed by atoms with van der Waals surface area (Å²) in [7, 11) is 0. The SMILES string of the molecule is CC1(C)[C@@H]2CC[C@]1(C)[C@H](N=C1C(=O)Nc3ccccc31)[C@@H]2N=C1C(=O)Nc2ccccc21. The Morgan fingerprint density at radius 1 is 0.812 bits per heavy atom. The van der Waals surface area contributed by atoms with Gasteiger partial charge >= 0.3 is 0 Å². The summed E-state index contributed by atoms with van der Waals surface area (Å²) in [6, 6.07) is 15.0. The van der Waals surface area contributed by atoms with Crippen molar-refractivity contribution < 1.29 is 9.59 Å². The first-order chi connectivity index (χ1) is 15.3. The molecule has 2 aliphatic heterocycles. The lowest BCUT2D eigenvalue weighted by atomic mass is 9.69. The van der Waals surface area contributed by atoms with Gasteiger partial charge in [-0.3, -0.25) is 19.6 Å². The number of amides is 2. The maximum Gasteiger partial charge on any atom is 0.274 e. The molecule has 2 heterocycles. The standard InChI is InChI=1S/C26H26N4O2/c1-25(2)16-12-13-26(25,3)22(30-20-15-9-5-7-11-18(15)28-24(20)32)21(16)29-19-14-8-4-6-10-17(14)27-23(19)31/h4-11,16,21-22H,12-13H2,1-3H3,(H,27,29,31)(H,28,30,32)/t16-,21-,22-,26-/m1/s1. The molecule has 6 rings (SSSR count). The summed E-state index contributed by atoms with van der Waals surface area (Å²) in [6.45, 7) is 6.87. The zero-order valence-corrected chi connectivity index (χ0v) is 18.5. The Labute approximate surface area is 187 Å². The summed E-state index contributed by atoms with van der Waals surface area (Å²) in [5.41, 5.74) is 4.16. The fourth-order valence-electron chi connectivity index (χ4n) is 6.41. The Morgan fingerprint density at radius 3 is 1.94 bits per heavy atom. The van der Waals surface area contributed by atoms with Gasteiger partial charge in [-0.15, -0.1) is 0 Å². The van der Waals surface area contributed by atoms with Crippen molar-refractivity contribution in [1.82, 2.24) is 0 Å². The predicted molar refractivity (Wildman–Crippen MR) is 125 cm³/mol. The summed E-state index contributed by atoms with van der Waals surface area (Å²) >= 11 is 0. The number of benzene rings is 2. The van der Waals surface area contributed by atoms with Crippen LogP contribution in [0.15, 0.2) is 58.5 Å². The van der Waals surface area contributed by atoms with Crippen LogP contribution in [-0.4, -0.2) is 35.3 Å². The first kappa shape index (κ1) is 19.4. The van der Waals surface area contributed by atoms with Gasteiger partial charge in [-0.25, -0.2) is 0 Å². The number of anilines is 2. The molecular formula is C26H26N4O2. The predicted octanol–water partition coefficient (Wildman–Crippen LogP) is 4.06. The van der Waals surface area contributed by atoms with Crippen LogP contribution in [0.4, 0.5) is 11.4 Å². The summed E-state index contributed by atoms with van der Waals surface area (Å²) in [4.78, 5) is 35.8. The van der Waals surface area contributed by atoms with Crippen LogP contribution in [-0.2, 0) is 9.59 Å². The van der Waals surface area contributed by atoms with E-state index in [4.69, 9.17) is 9.98 Å². The molecule has 2 bridgehead atoms. The van der Waals surface area contributed by atoms with E-state index < -0.39 is 0 Å². The molecule has 4 atom stereocenters. The number of para-hydroxylation sites is 2. The van der Waals surface area contributed by atoms with Gasteiger partial charge in [0.15, 0.2) is 0 Å². The topological polar surface area (TPSA) is 82.9 Å². The third kappa shape index (κ3) is 2.41. The molecule has 0 unspecified atom stereocenters. The van der Waals surface area contributed by atoms with E-state index in [1.807, 2.05) is 48.5 Å². The monoisotopic (exact) mass is 426 g/mol. The molecule has 0 spiro atoms. The highest BCUT2D eigenvalue weighted by Crippen LogP contribution is 2.67. The van der Waals surface area contributed by atoms with Gasteiger partial charge in [0.2, 0.25) is 0 Å². The molecule has 2 fully saturated rings. The molecule has 6 heteroatoms. The summed E-state index contributed by atoms with van der Waals surface area (Å²) in [5.74, 6) is -0.0207. The van der Waals surface area contributed by atoms with Gasteiger partial charge in [-0.2, -0.15) is 0 Å². The van der Waals surface area contributed by atoms with Crippen molar-refractivity contribution in [3.05, 3.63) is 59.7 Å². The fraction of sp³-hybridized carbons (Fsp3) is 0.385. The highest BCUT2D eigenvalue weighted by Gasteiger charge is 2.67. The van der Waals surface area contributed by atoms with Crippen LogP contribution in [0.2, 0.25) is 0 Å². The lowest BCUT2D eigenvalue weighted by Gasteiger charge is -2.37. The third-order valence-electron chi connectivity index (χ3n) is 8.60. The smallest absolute Gasteiger partial charge is 0.274 e. The average Bonchev–Trinajstić information content (AvgIpc) is 3.37. The number of hydrogen-bond acceptors (Lipinski definition) is 4. The highest BCUT2D eigenvalue weighted by molar-refractivity contribution is 6.54. The number of nitrogens with zero attached hydrogens (tertiary/aromatic N) is 2. The van der Waals surface area contributed by atoms with Crippen LogP contribution < -0.4 is 10.6 Å². The lowest BCUT2D eigenvalue weighted by molar-refractivity contribution is -0.110. The van der Waals surface area contributed by atoms with E-state index >= 15 is 0 Å². The van der Waals surface area contributed by atoms with Crippen molar-refractivity contribution in [2.24, 2.45) is 26.7 Å². The largest absolute Gasteiger partial charge is 0.320 e. The number of hydrogen-bond donors (Lipinski definition) is 2. The Bertz CT molecular complexity index is 1240. The molecule has 2 saturated carbocycles. The third-order valence-corrected chi connectivity index (χ3v) is 8.60. The number of carbonyl (C=O) groups is 2. The van der Waals surface area contributed by atoms with Crippen LogP contribution in [0.25, 0.3) is 0 Å². The summed E-state index contributed by atoms with van der Waals surface area (Å²) < 4.78 is 0. The van der Waals surface area contributed by atoms with Gasteiger partial charge in [0, 0.05) is 11.1 Å². The Morgan fingerprint density at radius 2 is 1.34 bits per heavy atom. The minimum Gasteiger partial charge on any atom is -0.320 e. The van der Waals surface area contributed by atoms with Crippen molar-refractivity contribution in [2.75, 3.05) is 10.6 Å². The molecule has 4 aliphatic rings. The van der Waals surface area contributed by atoms with Crippen LogP contribution in [0.5, 0.6) is 0 Å². The highest BCUT2D eigenvalue weighted by atomic mass is 16.2. The minimum atomic E-state index is -0.170. The maximum atomic E-state index is 12.8. The molecule has 0 aromatic heterocycles. The van der Waals surface area contributed by atoms with Gasteiger partial charge in [0.25, 0.3) is 11.8 Å². The Kier molecular flexibility index (Phi) is 3.87. The molecule has 2 aromatic rings. The molecule has 162 valence electrons. The van der Waals surface area contributed by atoms with E-state index in [2.05, 4.69) is 31.4 Å². The molecule has 0 saturated heterocycles. The van der Waals surface area contributed by atoms with Crippen molar-refractivity contribution >= 4 is 34.6 Å². The first-order valence-electron chi connectivity index (χ1n) is 11.3. The van der Waals surface area contributed by atoms with Gasteiger partial charge < -0.3 is 10.6 Å². The zero-order chi connectivity index (χ0) is 22.3. The van der Waals surface area contributed by atoms with Crippen molar-refractivity contribution in [2.45, 2.75) is 45.7 Å². The molecule has 32 heavy (non-hydrogen) atoms. The van der Waals surface area contributed by atoms with E-state index in [9.17, 15) is 9.59 Å². The normalized spacial score (nSPS) is 34.0. The average molecular weight is 427 g/mol. The molecular weight excluding hydrogens is 400 g/mol. The second-order valence-electron chi connectivity index (χ2n) is 10.2. The molecule has 2 aliphatic carbocycles. The quantitative estimate of drug-likeness (QED) is 0.759. The second kappa shape index (κ2) is 6.37. The summed E-state index contributed by atoms with van der Waals surface area (Å²) in [6.07, 6.45) is 2.10. The van der Waals surface area contributed by atoms with E-state index in [1.165, 1.54) is 0 Å². The van der Waals surface area contributed by atoms with Crippen molar-refractivity contribution in [3.63, 3.8) is 0 Å². The van der Waals surface area contributed by atoms with Crippen molar-refractivity contribution in [1.29, 1.82) is 0 Å². The second-order valence-corrected chi connectivity index (χ2v) is 10.2. The minimum absolute atomic E-state index is 0.000347. The van der Waals surface area contributed by atoms with E-state index in [0.29, 0.717) is 17.3 Å². The van der Waals surface area contributed by atoms with Crippen LogP contribution in [0.3, 0.4) is 0 Å². The van der Waals surface area contributed by atoms with Gasteiger partial charge in [0.1, 0.15) is 11.4 Å². The van der Waals surface area contributed by atoms with E-state index in [-0.39, 0.29) is 34.7 Å². The van der Waals surface area contributed by atoms with Gasteiger partial charge in [-0.05, 0) is 41.7 Å². The Hall–Kier alpha value is -3.28. The zero-order valence-electron chi connectivity index (χ0n) is 18.5. The van der Waals surface area contributed by atoms with Crippen LogP contribution >= 0.6 is 0 Å². The molecule has 6 nitrogen and oxygen atoms in total. The van der Waals surface area contributed by atoms with E-state index in [1.54, 1.807) is 0 Å². The molecule has 0 radical (unpaired) electrons. The number of carbonyl (C=O) groups excluding carboxylic acids is 2. The van der Waals surface area contributed by atoms with Gasteiger partial charge in [-0.1, -0.05) is 57.2 Å². The Balaban J connectivity index is 1.50. The first-order valence-corrected chi connectivity index (χ1v) is 11.3. The molecule has 2 aromatic carbocycles. The maximum absolute atomic E-state index is 12.8. The summed E-state index contributed by atoms with van der Waals surface area (Å²) in [5, 5.41) is 5.87. The van der Waals surface area contributed by atoms with E-state index in [0.717, 1.165) is 35.3 Å². The van der Waals surface area contributed by atoms with Crippen LogP contribution in [0, 0.1) is 16.7 Å². The molecule has 2 N–H and O–H groups in total. The fourth-order valence-corrected chi connectivity index (χ4v) is 6.41. The number of fused-ring (bicyclic) bond motifs is 4. The number of rotatable bonds is 2. The van der Waals surface area contributed by atoms with Crippen molar-refractivity contribution in [3.8, 4) is 0 Å². The number of aliphatic imine (C=N–C) groups is 2.